The van der Waals surface area contributed by atoms with Gasteiger partial charge in [-0.25, -0.2) is 4.98 Å². The molecule has 1 aromatic carbocycles. The van der Waals surface area contributed by atoms with Crippen molar-refractivity contribution in [3.05, 3.63) is 53.2 Å². The number of nitrogens with one attached hydrogen (secondary N) is 1. The second kappa shape index (κ2) is 11.0. The second-order valence-corrected chi connectivity index (χ2v) is 9.28. The van der Waals surface area contributed by atoms with Crippen LogP contribution in [-0.4, -0.2) is 77.5 Å². The minimum atomic E-state index is -3.12. The Morgan fingerprint density at radius 2 is 1.83 bits per heavy atom. The number of hydrogen-bond acceptors (Lipinski definition) is 6. The Balaban J connectivity index is 1.92. The molecule has 0 unspecified atom stereocenters. The Hall–Kier alpha value is -3.60. The van der Waals surface area contributed by atoms with Crippen molar-refractivity contribution in [2.24, 2.45) is 0 Å². The van der Waals surface area contributed by atoms with E-state index in [-0.39, 0.29) is 43.7 Å². The summed E-state index contributed by atoms with van der Waals surface area (Å²) in [5, 5.41) is 11.6. The van der Waals surface area contributed by atoms with E-state index in [4.69, 9.17) is 5.11 Å². The van der Waals surface area contributed by atoms with Gasteiger partial charge in [-0.1, -0.05) is 38.1 Å². The molecule has 1 saturated heterocycles. The van der Waals surface area contributed by atoms with E-state index in [1.807, 2.05) is 32.0 Å². The highest BCUT2D eigenvalue weighted by atomic mass is 19.3. The van der Waals surface area contributed by atoms with Crippen molar-refractivity contribution in [2.75, 3.05) is 38.5 Å². The minimum absolute atomic E-state index is 0.00160. The van der Waals surface area contributed by atoms with Gasteiger partial charge in [-0.2, -0.15) is 8.78 Å². The molecule has 1 aromatic heterocycles. The van der Waals surface area contributed by atoms with Crippen molar-refractivity contribution in [2.45, 2.75) is 38.7 Å². The van der Waals surface area contributed by atoms with Crippen LogP contribution in [-0.2, 0) is 19.8 Å². The summed E-state index contributed by atoms with van der Waals surface area (Å²) in [6, 6.07) is 10.4. The van der Waals surface area contributed by atoms with Crippen LogP contribution in [0.2, 0.25) is 0 Å². The number of hydrogen-bond donors (Lipinski definition) is 2. The summed E-state index contributed by atoms with van der Waals surface area (Å²) < 4.78 is 30.4. The number of likely N-dealkylation sites (tertiary alicyclic amines) is 1. The number of carbonyl (C=O) groups excluding carboxylic acids is 2. The first-order chi connectivity index (χ1) is 16.9. The van der Waals surface area contributed by atoms with Crippen molar-refractivity contribution in [3.63, 3.8) is 0 Å². The number of aromatic nitrogens is 1. The molecule has 11 heteroatoms. The second-order valence-electron chi connectivity index (χ2n) is 9.28. The molecule has 2 aromatic rings. The van der Waals surface area contributed by atoms with E-state index in [0.717, 1.165) is 11.1 Å². The maximum absolute atomic E-state index is 13.7. The monoisotopic (exact) mass is 504 g/mol. The van der Waals surface area contributed by atoms with Gasteiger partial charge in [-0.05, 0) is 43.1 Å². The number of likely N-dealkylation sites (N-methyl/N-ethyl adjacent to an activating group) is 1. The first kappa shape index (κ1) is 27.0. The molecular formula is C25H30F2N4O5. The molecule has 36 heavy (non-hydrogen) atoms. The molecule has 194 valence electrons. The summed E-state index contributed by atoms with van der Waals surface area (Å²) >= 11 is 0. The maximum atomic E-state index is 13.7. The lowest BCUT2D eigenvalue weighted by atomic mass is 9.69. The van der Waals surface area contributed by atoms with Gasteiger partial charge >= 0.3 is 12.6 Å². The largest absolute Gasteiger partial charge is 0.480 e. The Labute approximate surface area is 208 Å². The molecule has 9 nitrogen and oxygen atoms in total. The van der Waals surface area contributed by atoms with Crippen LogP contribution in [0.4, 0.5) is 14.5 Å². The SMILES string of the molecule is Cc1ccc(NC(=O)C2(c3ccccc3C(C)C)CN(C(=O)CN(C)CC(=O)O)C2)c(OC(F)F)n1. The number of alkyl halides is 2. The fourth-order valence-corrected chi connectivity index (χ4v) is 4.32. The molecule has 1 aliphatic heterocycles. The Morgan fingerprint density at radius 1 is 1.17 bits per heavy atom. The van der Waals surface area contributed by atoms with Crippen LogP contribution in [0.3, 0.4) is 0 Å². The van der Waals surface area contributed by atoms with Gasteiger partial charge in [-0.15, -0.1) is 0 Å². The van der Waals surface area contributed by atoms with Gasteiger partial charge in [0, 0.05) is 18.8 Å². The number of carbonyl (C=O) groups is 3. The highest BCUT2D eigenvalue weighted by Crippen LogP contribution is 2.40. The lowest BCUT2D eigenvalue weighted by molar-refractivity contribution is -0.145. The van der Waals surface area contributed by atoms with E-state index in [2.05, 4.69) is 15.0 Å². The third-order valence-electron chi connectivity index (χ3n) is 6.07. The highest BCUT2D eigenvalue weighted by Gasteiger charge is 2.53. The minimum Gasteiger partial charge on any atom is -0.480 e. The van der Waals surface area contributed by atoms with Crippen LogP contribution >= 0.6 is 0 Å². The van der Waals surface area contributed by atoms with Gasteiger partial charge in [0.05, 0.1) is 13.1 Å². The summed E-state index contributed by atoms with van der Waals surface area (Å²) in [5.41, 5.74) is 0.952. The average molecular weight is 505 g/mol. The fourth-order valence-electron chi connectivity index (χ4n) is 4.32. The van der Waals surface area contributed by atoms with Crippen LogP contribution in [0.15, 0.2) is 36.4 Å². The van der Waals surface area contributed by atoms with Crippen LogP contribution < -0.4 is 10.1 Å². The van der Waals surface area contributed by atoms with Gasteiger partial charge < -0.3 is 20.1 Å². The molecule has 2 amide bonds. The lowest BCUT2D eigenvalue weighted by Gasteiger charge is -2.50. The van der Waals surface area contributed by atoms with Crippen molar-refractivity contribution in [1.82, 2.24) is 14.8 Å². The molecule has 2 heterocycles. The first-order valence-electron chi connectivity index (χ1n) is 11.4. The molecule has 0 saturated carbocycles. The lowest BCUT2D eigenvalue weighted by Crippen LogP contribution is -2.67. The van der Waals surface area contributed by atoms with Gasteiger partial charge in [0.2, 0.25) is 17.7 Å². The molecule has 1 aliphatic rings. The average Bonchev–Trinajstić information content (AvgIpc) is 2.74. The fraction of sp³-hybridized carbons (Fsp3) is 0.440. The maximum Gasteiger partial charge on any atom is 0.388 e. The number of aryl methyl sites for hydroxylation is 1. The molecule has 2 N–H and O–H groups in total. The number of ether oxygens (including phenoxy) is 1. The topological polar surface area (TPSA) is 112 Å². The van der Waals surface area contributed by atoms with Crippen LogP contribution in [0.5, 0.6) is 5.88 Å². The van der Waals surface area contributed by atoms with E-state index >= 15 is 0 Å². The number of pyridine rings is 1. The van der Waals surface area contributed by atoms with Crippen LogP contribution in [0, 0.1) is 6.92 Å². The van der Waals surface area contributed by atoms with Gasteiger partial charge in [0.1, 0.15) is 11.1 Å². The number of anilines is 1. The third-order valence-corrected chi connectivity index (χ3v) is 6.07. The standard InChI is InChI=1S/C25H30F2N4O5/c1-15(2)17-7-5-6-8-18(17)25(13-31(14-25)20(32)11-30(4)12-21(33)34)23(35)29-19-10-9-16(3)28-22(19)36-24(26)27/h5-10,15,24H,11-14H2,1-4H3,(H,29,35)(H,33,34). The van der Waals surface area contributed by atoms with Crippen molar-refractivity contribution in [3.8, 4) is 5.88 Å². The van der Waals surface area contributed by atoms with Gasteiger partial charge in [0.15, 0.2) is 0 Å². The molecule has 0 radical (unpaired) electrons. The molecule has 3 rings (SSSR count). The molecule has 0 atom stereocenters. The van der Waals surface area contributed by atoms with Gasteiger partial charge in [0.25, 0.3) is 0 Å². The number of carboxylic acid groups (broad SMARTS) is 1. The number of amides is 2. The Kier molecular flexibility index (Phi) is 8.24. The number of aliphatic carboxylic acids is 1. The first-order valence-corrected chi connectivity index (χ1v) is 11.4. The molecule has 1 fully saturated rings. The number of benzene rings is 1. The van der Waals surface area contributed by atoms with E-state index in [0.29, 0.717) is 5.69 Å². The van der Waals surface area contributed by atoms with E-state index < -0.39 is 29.8 Å². The zero-order chi connectivity index (χ0) is 26.6. The predicted octanol–water partition coefficient (Wildman–Crippen LogP) is 2.85. The smallest absolute Gasteiger partial charge is 0.388 e. The quantitative estimate of drug-likeness (QED) is 0.512. The molecule has 0 aliphatic carbocycles. The summed E-state index contributed by atoms with van der Waals surface area (Å²) in [5.74, 6) is -2.17. The van der Waals surface area contributed by atoms with Crippen molar-refractivity contribution < 1.29 is 33.0 Å². The zero-order valence-corrected chi connectivity index (χ0v) is 20.6. The van der Waals surface area contributed by atoms with E-state index in [1.54, 1.807) is 19.1 Å². The van der Waals surface area contributed by atoms with Gasteiger partial charge in [-0.3, -0.25) is 19.3 Å². The summed E-state index contributed by atoms with van der Waals surface area (Å²) in [4.78, 5) is 44.3. The number of halogens is 2. The number of rotatable bonds is 10. The van der Waals surface area contributed by atoms with Crippen LogP contribution in [0.25, 0.3) is 0 Å². The van der Waals surface area contributed by atoms with Crippen LogP contribution in [0.1, 0.15) is 36.6 Å². The predicted molar refractivity (Wildman–Crippen MR) is 128 cm³/mol. The zero-order valence-electron chi connectivity index (χ0n) is 20.6. The Morgan fingerprint density at radius 3 is 2.44 bits per heavy atom. The summed E-state index contributed by atoms with van der Waals surface area (Å²) in [7, 11) is 1.52. The Bertz CT molecular complexity index is 1140. The number of carboxylic acids is 1. The normalized spacial score (nSPS) is 14.6. The molecular weight excluding hydrogens is 474 g/mol. The molecule has 0 bridgehead atoms. The van der Waals surface area contributed by atoms with Crippen molar-refractivity contribution in [1.29, 1.82) is 0 Å². The summed E-state index contributed by atoms with van der Waals surface area (Å²) in [6.07, 6.45) is 0. The molecule has 0 spiro atoms. The summed E-state index contributed by atoms with van der Waals surface area (Å²) in [6.45, 7) is 2.15. The van der Waals surface area contributed by atoms with Crippen molar-refractivity contribution >= 4 is 23.5 Å². The number of nitrogens with zero attached hydrogens (tertiary/aromatic N) is 3. The highest BCUT2D eigenvalue weighted by molar-refractivity contribution is 6.02. The van der Waals surface area contributed by atoms with E-state index in [1.165, 1.54) is 22.9 Å². The third kappa shape index (κ3) is 5.96. The van der Waals surface area contributed by atoms with E-state index in [9.17, 15) is 23.2 Å².